The number of methoxy groups -OCH3 is 3. The highest BCUT2D eigenvalue weighted by atomic mass is 35.5. The summed E-state index contributed by atoms with van der Waals surface area (Å²) in [5.41, 5.74) is 2.28. The Kier molecular flexibility index (Phi) is 10.2. The van der Waals surface area contributed by atoms with Crippen molar-refractivity contribution in [1.82, 2.24) is 4.90 Å². The first-order valence-electron chi connectivity index (χ1n) is 13.2. The lowest BCUT2D eigenvalue weighted by Gasteiger charge is -2.13. The van der Waals surface area contributed by atoms with Crippen LogP contribution in [0.2, 0.25) is 10.0 Å². The number of thioether (sulfide) groups is 1. The standard InChI is InChI=1S/C32H27Cl2N3O6S/c1-39-26-10-7-21(14-28(26)40-2)17-35-36-32-37(18-24-5-4-12-42-24)31(38)30(44-32)15-20-6-11-27(29(13-20)41-3)43-19-22-8-9-23(33)16-25(22)34/h4-17H,18-19H2,1-3H3/b30-15-,35-17+,36-32-. The zero-order valence-corrected chi connectivity index (χ0v) is 26.3. The third-order valence-electron chi connectivity index (χ3n) is 6.42. The number of benzene rings is 3. The van der Waals surface area contributed by atoms with Crippen molar-refractivity contribution < 1.29 is 28.2 Å². The number of halogens is 2. The van der Waals surface area contributed by atoms with Crippen LogP contribution in [0.15, 0.2) is 92.5 Å². The first-order valence-corrected chi connectivity index (χ1v) is 14.8. The third-order valence-corrected chi connectivity index (χ3v) is 8.01. The maximum Gasteiger partial charge on any atom is 0.267 e. The van der Waals surface area contributed by atoms with Gasteiger partial charge < -0.3 is 23.4 Å². The van der Waals surface area contributed by atoms with Crippen LogP contribution < -0.4 is 18.9 Å². The van der Waals surface area contributed by atoms with Gasteiger partial charge in [0, 0.05) is 15.6 Å². The van der Waals surface area contributed by atoms with E-state index in [1.165, 1.54) is 16.7 Å². The molecule has 0 spiro atoms. The molecule has 1 saturated heterocycles. The summed E-state index contributed by atoms with van der Waals surface area (Å²) in [6.45, 7) is 0.427. The molecule has 1 aliphatic heterocycles. The van der Waals surface area contributed by atoms with Gasteiger partial charge in [-0.15, -0.1) is 5.10 Å². The van der Waals surface area contributed by atoms with Crippen LogP contribution in [0, 0.1) is 0 Å². The van der Waals surface area contributed by atoms with Crippen LogP contribution in [0.4, 0.5) is 0 Å². The Morgan fingerprint density at radius 1 is 0.886 bits per heavy atom. The molecule has 1 amide bonds. The van der Waals surface area contributed by atoms with E-state index in [1.807, 2.05) is 18.2 Å². The Morgan fingerprint density at radius 2 is 1.61 bits per heavy atom. The first-order chi connectivity index (χ1) is 21.4. The van der Waals surface area contributed by atoms with E-state index in [0.717, 1.165) is 16.7 Å². The lowest BCUT2D eigenvalue weighted by molar-refractivity contribution is -0.122. The van der Waals surface area contributed by atoms with E-state index in [-0.39, 0.29) is 19.1 Å². The Balaban J connectivity index is 1.37. The second-order valence-corrected chi connectivity index (χ2v) is 11.1. The number of ether oxygens (including phenoxy) is 4. The molecule has 226 valence electrons. The molecule has 0 atom stereocenters. The van der Waals surface area contributed by atoms with Crippen molar-refractivity contribution in [2.24, 2.45) is 10.2 Å². The molecule has 1 aliphatic rings. The topological polar surface area (TPSA) is 95.1 Å². The summed E-state index contributed by atoms with van der Waals surface area (Å²) >= 11 is 13.5. The van der Waals surface area contributed by atoms with Crippen LogP contribution in [-0.4, -0.2) is 43.5 Å². The van der Waals surface area contributed by atoms with Gasteiger partial charge in [-0.25, -0.2) is 0 Å². The molecule has 0 aliphatic carbocycles. The Bertz CT molecular complexity index is 1740. The number of rotatable bonds is 11. The Morgan fingerprint density at radius 3 is 2.34 bits per heavy atom. The number of carbonyl (C=O) groups excluding carboxylic acids is 1. The maximum absolute atomic E-state index is 13.5. The summed E-state index contributed by atoms with van der Waals surface area (Å²) < 4.78 is 27.7. The highest BCUT2D eigenvalue weighted by molar-refractivity contribution is 8.18. The number of hydrogen-bond acceptors (Lipinski definition) is 9. The van der Waals surface area contributed by atoms with Gasteiger partial charge in [-0.05, 0) is 83.6 Å². The van der Waals surface area contributed by atoms with Crippen molar-refractivity contribution in [3.05, 3.63) is 110 Å². The summed E-state index contributed by atoms with van der Waals surface area (Å²) in [6, 6.07) is 19.6. The lowest BCUT2D eigenvalue weighted by Crippen LogP contribution is -2.28. The summed E-state index contributed by atoms with van der Waals surface area (Å²) in [7, 11) is 4.69. The second kappa shape index (κ2) is 14.4. The van der Waals surface area contributed by atoms with Crippen molar-refractivity contribution in [2.45, 2.75) is 13.2 Å². The maximum atomic E-state index is 13.5. The SMILES string of the molecule is COc1ccc(/C=N/N=C2\S/C(=C\c3ccc(OCc4ccc(Cl)cc4Cl)c(OC)c3)C(=O)N2Cc2ccco2)cc1OC. The van der Waals surface area contributed by atoms with E-state index in [4.69, 9.17) is 46.6 Å². The fraction of sp³-hybridized carbons (Fsp3) is 0.156. The molecule has 5 rings (SSSR count). The zero-order valence-electron chi connectivity index (χ0n) is 24.0. The quantitative estimate of drug-likeness (QED) is 0.0931. The fourth-order valence-electron chi connectivity index (χ4n) is 4.20. The van der Waals surface area contributed by atoms with Crippen LogP contribution in [-0.2, 0) is 17.9 Å². The molecule has 2 heterocycles. The molecule has 0 N–H and O–H groups in total. The molecule has 1 aromatic heterocycles. The highest BCUT2D eigenvalue weighted by Crippen LogP contribution is 2.36. The Hall–Kier alpha value is -4.38. The molecule has 44 heavy (non-hydrogen) atoms. The largest absolute Gasteiger partial charge is 0.493 e. The van der Waals surface area contributed by atoms with E-state index >= 15 is 0 Å². The number of amidine groups is 1. The highest BCUT2D eigenvalue weighted by Gasteiger charge is 2.34. The predicted octanol–water partition coefficient (Wildman–Crippen LogP) is 7.70. The van der Waals surface area contributed by atoms with Crippen molar-refractivity contribution in [3.63, 3.8) is 0 Å². The van der Waals surface area contributed by atoms with Crippen LogP contribution in [0.5, 0.6) is 23.0 Å². The van der Waals surface area contributed by atoms with Crippen LogP contribution in [0.1, 0.15) is 22.5 Å². The van der Waals surface area contributed by atoms with Crippen molar-refractivity contribution >= 4 is 58.3 Å². The summed E-state index contributed by atoms with van der Waals surface area (Å²) in [4.78, 5) is 15.5. The van der Waals surface area contributed by atoms with E-state index < -0.39 is 0 Å². The van der Waals surface area contributed by atoms with Gasteiger partial charge >= 0.3 is 0 Å². The average Bonchev–Trinajstić information content (AvgIpc) is 3.65. The van der Waals surface area contributed by atoms with Gasteiger partial charge in [-0.2, -0.15) is 5.10 Å². The van der Waals surface area contributed by atoms with Gasteiger partial charge in [-0.3, -0.25) is 9.69 Å². The van der Waals surface area contributed by atoms with Crippen molar-refractivity contribution in [1.29, 1.82) is 0 Å². The van der Waals surface area contributed by atoms with E-state index in [2.05, 4.69) is 10.2 Å². The summed E-state index contributed by atoms with van der Waals surface area (Å²) in [6.07, 6.45) is 4.90. The Labute approximate surface area is 268 Å². The van der Waals surface area contributed by atoms with Gasteiger partial charge in [-0.1, -0.05) is 35.3 Å². The number of hydrogen-bond donors (Lipinski definition) is 0. The van der Waals surface area contributed by atoms with E-state index in [9.17, 15) is 4.79 Å². The number of carbonyl (C=O) groups is 1. The summed E-state index contributed by atoms with van der Waals surface area (Å²) in [5.74, 6) is 2.58. The number of furan rings is 1. The van der Waals surface area contributed by atoms with Crippen LogP contribution in [0.3, 0.4) is 0 Å². The third kappa shape index (κ3) is 7.39. The van der Waals surface area contributed by atoms with E-state index in [0.29, 0.717) is 48.9 Å². The number of nitrogens with zero attached hydrogens (tertiary/aromatic N) is 3. The van der Waals surface area contributed by atoms with E-state index in [1.54, 1.807) is 88.4 Å². The molecular weight excluding hydrogens is 625 g/mol. The fourth-order valence-corrected chi connectivity index (χ4v) is 5.60. The molecule has 0 unspecified atom stereocenters. The molecule has 0 radical (unpaired) electrons. The molecule has 12 heteroatoms. The normalized spacial score (nSPS) is 15.0. The minimum atomic E-state index is -0.233. The monoisotopic (exact) mass is 651 g/mol. The minimum Gasteiger partial charge on any atom is -0.493 e. The smallest absolute Gasteiger partial charge is 0.267 e. The second-order valence-electron chi connectivity index (χ2n) is 9.26. The van der Waals surface area contributed by atoms with Gasteiger partial charge in [0.1, 0.15) is 12.4 Å². The zero-order chi connectivity index (χ0) is 31.1. The van der Waals surface area contributed by atoms with Gasteiger partial charge in [0.25, 0.3) is 5.91 Å². The lowest BCUT2D eigenvalue weighted by atomic mass is 10.1. The van der Waals surface area contributed by atoms with Gasteiger partial charge in [0.05, 0.1) is 45.3 Å². The van der Waals surface area contributed by atoms with Gasteiger partial charge in [0.2, 0.25) is 0 Å². The van der Waals surface area contributed by atoms with Gasteiger partial charge in [0.15, 0.2) is 28.2 Å². The molecule has 4 aromatic rings. The predicted molar refractivity (Wildman–Crippen MR) is 173 cm³/mol. The van der Waals surface area contributed by atoms with Crippen molar-refractivity contribution in [2.75, 3.05) is 21.3 Å². The average molecular weight is 653 g/mol. The van der Waals surface area contributed by atoms with Crippen molar-refractivity contribution in [3.8, 4) is 23.0 Å². The number of amides is 1. The molecule has 3 aromatic carbocycles. The van der Waals surface area contributed by atoms with Crippen LogP contribution in [0.25, 0.3) is 6.08 Å². The molecule has 9 nitrogen and oxygen atoms in total. The summed E-state index contributed by atoms with van der Waals surface area (Å²) in [5, 5.41) is 10.1. The molecule has 1 fully saturated rings. The first kappa shape index (κ1) is 31.1. The van der Waals surface area contributed by atoms with Crippen LogP contribution >= 0.6 is 35.0 Å². The molecular formula is C32H27Cl2N3O6S. The molecule has 0 bridgehead atoms. The minimum absolute atomic E-state index is 0.199. The molecule has 0 saturated carbocycles.